The third kappa shape index (κ3) is 4.98. The van der Waals surface area contributed by atoms with E-state index in [4.69, 9.17) is 0 Å². The molecule has 0 radical (unpaired) electrons. The van der Waals surface area contributed by atoms with Gasteiger partial charge in [0.25, 0.3) is 0 Å². The van der Waals surface area contributed by atoms with E-state index in [1.54, 1.807) is 0 Å². The van der Waals surface area contributed by atoms with E-state index in [9.17, 15) is 0 Å². The molecule has 15 heavy (non-hydrogen) atoms. The van der Waals surface area contributed by atoms with Crippen molar-refractivity contribution >= 4 is 0 Å². The van der Waals surface area contributed by atoms with Crippen LogP contribution in [0.3, 0.4) is 0 Å². The maximum atomic E-state index is 4.50. The molecular formula is C13H28N2. The standard InChI is InChI=1S/C12H23N.CH5N/c1-3-7-11(8-4-1)13-12-9-5-2-6-10-12;1-2/h11-13H,1-10H2;2H2,1H3. The molecule has 0 atom stereocenters. The molecule has 2 saturated carbocycles. The number of nitrogens with one attached hydrogen (secondary N) is 1. The Morgan fingerprint density at radius 3 is 1.33 bits per heavy atom. The Hall–Kier alpha value is -0.0800. The number of hydrogen-bond acceptors (Lipinski definition) is 2. The van der Waals surface area contributed by atoms with Crippen LogP contribution in [0.5, 0.6) is 0 Å². The zero-order chi connectivity index (χ0) is 10.9. The van der Waals surface area contributed by atoms with Gasteiger partial charge in [0.05, 0.1) is 0 Å². The molecule has 0 aromatic carbocycles. The van der Waals surface area contributed by atoms with Crippen LogP contribution in [0.25, 0.3) is 0 Å². The quantitative estimate of drug-likeness (QED) is 0.738. The van der Waals surface area contributed by atoms with Crippen LogP contribution < -0.4 is 11.1 Å². The van der Waals surface area contributed by atoms with Crippen LogP contribution in [0.4, 0.5) is 0 Å². The van der Waals surface area contributed by atoms with Gasteiger partial charge in [0.1, 0.15) is 0 Å². The highest BCUT2D eigenvalue weighted by Gasteiger charge is 2.19. The summed E-state index contributed by atoms with van der Waals surface area (Å²) in [5, 5.41) is 3.86. The SMILES string of the molecule is C1CCC(NC2CCCCC2)CC1.CN. The molecule has 90 valence electrons. The highest BCUT2D eigenvalue weighted by Crippen LogP contribution is 2.22. The van der Waals surface area contributed by atoms with Crippen molar-refractivity contribution in [2.24, 2.45) is 5.73 Å². The molecule has 3 N–H and O–H groups in total. The van der Waals surface area contributed by atoms with E-state index in [0.717, 1.165) is 12.1 Å². The largest absolute Gasteiger partial charge is 0.333 e. The van der Waals surface area contributed by atoms with Crippen molar-refractivity contribution in [1.29, 1.82) is 0 Å². The van der Waals surface area contributed by atoms with Gasteiger partial charge >= 0.3 is 0 Å². The maximum absolute atomic E-state index is 4.50. The Labute approximate surface area is 95.0 Å². The predicted molar refractivity (Wildman–Crippen MR) is 67.0 cm³/mol. The molecule has 0 aromatic heterocycles. The minimum absolute atomic E-state index is 0.872. The first-order valence-corrected chi connectivity index (χ1v) is 6.79. The van der Waals surface area contributed by atoms with Crippen molar-refractivity contribution in [1.82, 2.24) is 5.32 Å². The molecule has 0 heterocycles. The first kappa shape index (κ1) is 13.0. The minimum Gasteiger partial charge on any atom is -0.333 e. The molecule has 0 saturated heterocycles. The average Bonchev–Trinajstić information content (AvgIpc) is 2.34. The van der Waals surface area contributed by atoms with Gasteiger partial charge in [-0.15, -0.1) is 0 Å². The minimum atomic E-state index is 0.872. The molecule has 0 spiro atoms. The second-order valence-electron chi connectivity index (χ2n) is 4.84. The zero-order valence-corrected chi connectivity index (χ0v) is 10.3. The molecule has 0 amide bonds. The Morgan fingerprint density at radius 2 is 1.00 bits per heavy atom. The normalized spacial score (nSPS) is 24.4. The second kappa shape index (κ2) is 8.12. The summed E-state index contributed by atoms with van der Waals surface area (Å²) in [6.45, 7) is 0. The molecule has 0 aromatic rings. The van der Waals surface area contributed by atoms with Crippen LogP contribution in [0.15, 0.2) is 0 Å². The van der Waals surface area contributed by atoms with E-state index in [0.29, 0.717) is 0 Å². The van der Waals surface area contributed by atoms with E-state index in [-0.39, 0.29) is 0 Å². The van der Waals surface area contributed by atoms with Gasteiger partial charge in [-0.1, -0.05) is 38.5 Å². The van der Waals surface area contributed by atoms with Crippen molar-refractivity contribution in [3.8, 4) is 0 Å². The lowest BCUT2D eigenvalue weighted by atomic mass is 9.91. The van der Waals surface area contributed by atoms with E-state index in [2.05, 4.69) is 11.1 Å². The topological polar surface area (TPSA) is 38.0 Å². The zero-order valence-electron chi connectivity index (χ0n) is 10.3. The molecule has 2 nitrogen and oxygen atoms in total. The molecule has 2 aliphatic carbocycles. The highest BCUT2D eigenvalue weighted by molar-refractivity contribution is 4.79. The summed E-state index contributed by atoms with van der Waals surface area (Å²) in [5.74, 6) is 0. The third-order valence-corrected chi connectivity index (χ3v) is 3.68. The van der Waals surface area contributed by atoms with Crippen molar-refractivity contribution in [2.75, 3.05) is 7.05 Å². The number of rotatable bonds is 2. The fourth-order valence-corrected chi connectivity index (χ4v) is 2.87. The van der Waals surface area contributed by atoms with Crippen LogP contribution in [0.2, 0.25) is 0 Å². The van der Waals surface area contributed by atoms with Gasteiger partial charge in [0.2, 0.25) is 0 Å². The number of nitrogens with two attached hydrogens (primary N) is 1. The first-order valence-electron chi connectivity index (χ1n) is 6.79. The highest BCUT2D eigenvalue weighted by atomic mass is 14.9. The fraction of sp³-hybridized carbons (Fsp3) is 1.00. The lowest BCUT2D eigenvalue weighted by Crippen LogP contribution is -2.40. The summed E-state index contributed by atoms with van der Waals surface area (Å²) >= 11 is 0. The van der Waals surface area contributed by atoms with Gasteiger partial charge in [-0.25, -0.2) is 0 Å². The monoisotopic (exact) mass is 212 g/mol. The maximum Gasteiger partial charge on any atom is 0.00696 e. The first-order chi connectivity index (χ1) is 7.45. The smallest absolute Gasteiger partial charge is 0.00696 e. The average molecular weight is 212 g/mol. The second-order valence-corrected chi connectivity index (χ2v) is 4.84. The number of hydrogen-bond donors (Lipinski definition) is 2. The Morgan fingerprint density at radius 1 is 0.667 bits per heavy atom. The van der Waals surface area contributed by atoms with Gasteiger partial charge < -0.3 is 11.1 Å². The van der Waals surface area contributed by atoms with Crippen molar-refractivity contribution in [3.63, 3.8) is 0 Å². The predicted octanol–water partition coefficient (Wildman–Crippen LogP) is 2.82. The fourth-order valence-electron chi connectivity index (χ4n) is 2.87. The van der Waals surface area contributed by atoms with Gasteiger partial charge in [-0.3, -0.25) is 0 Å². The van der Waals surface area contributed by atoms with Crippen molar-refractivity contribution in [2.45, 2.75) is 76.3 Å². The lowest BCUT2D eigenvalue weighted by molar-refractivity contribution is 0.291. The Balaban J connectivity index is 0.000000531. The summed E-state index contributed by atoms with van der Waals surface area (Å²) in [7, 11) is 1.50. The van der Waals surface area contributed by atoms with E-state index in [1.165, 1.54) is 71.3 Å². The van der Waals surface area contributed by atoms with Crippen LogP contribution in [-0.2, 0) is 0 Å². The van der Waals surface area contributed by atoms with Crippen molar-refractivity contribution < 1.29 is 0 Å². The Kier molecular flexibility index (Phi) is 7.03. The van der Waals surface area contributed by atoms with Crippen molar-refractivity contribution in [3.05, 3.63) is 0 Å². The van der Waals surface area contributed by atoms with E-state index < -0.39 is 0 Å². The molecule has 2 heteroatoms. The van der Waals surface area contributed by atoms with Gasteiger partial charge in [0.15, 0.2) is 0 Å². The van der Waals surface area contributed by atoms with Gasteiger partial charge in [-0.05, 0) is 32.7 Å². The molecule has 0 bridgehead atoms. The van der Waals surface area contributed by atoms with E-state index in [1.807, 2.05) is 0 Å². The van der Waals surface area contributed by atoms with Crippen LogP contribution >= 0.6 is 0 Å². The Bertz CT molecular complexity index is 119. The van der Waals surface area contributed by atoms with Gasteiger partial charge in [-0.2, -0.15) is 0 Å². The van der Waals surface area contributed by atoms with Crippen LogP contribution in [0.1, 0.15) is 64.2 Å². The summed E-state index contributed by atoms with van der Waals surface area (Å²) in [6.07, 6.45) is 14.6. The molecule has 2 aliphatic rings. The summed E-state index contributed by atoms with van der Waals surface area (Å²) < 4.78 is 0. The third-order valence-electron chi connectivity index (χ3n) is 3.68. The van der Waals surface area contributed by atoms with E-state index >= 15 is 0 Å². The lowest BCUT2D eigenvalue weighted by Gasteiger charge is -2.30. The summed E-state index contributed by atoms with van der Waals surface area (Å²) in [5.41, 5.74) is 4.50. The molecule has 0 aliphatic heterocycles. The summed E-state index contributed by atoms with van der Waals surface area (Å²) in [4.78, 5) is 0. The molecule has 2 fully saturated rings. The molecular weight excluding hydrogens is 184 g/mol. The molecule has 0 unspecified atom stereocenters. The van der Waals surface area contributed by atoms with Crippen LogP contribution in [0, 0.1) is 0 Å². The van der Waals surface area contributed by atoms with Crippen LogP contribution in [-0.4, -0.2) is 19.1 Å². The molecule has 2 rings (SSSR count). The van der Waals surface area contributed by atoms with Gasteiger partial charge in [0, 0.05) is 12.1 Å². The summed E-state index contributed by atoms with van der Waals surface area (Å²) in [6, 6.07) is 1.74.